The maximum absolute atomic E-state index is 12.6. The monoisotopic (exact) mass is 391 g/mol. The van der Waals surface area contributed by atoms with Gasteiger partial charge in [0.2, 0.25) is 0 Å². The lowest BCUT2D eigenvalue weighted by Gasteiger charge is -2.38. The number of H-pyrrole nitrogens is 1. The summed E-state index contributed by atoms with van der Waals surface area (Å²) in [6.45, 7) is 3.82. The van der Waals surface area contributed by atoms with Crippen molar-refractivity contribution in [1.29, 1.82) is 0 Å². The summed E-state index contributed by atoms with van der Waals surface area (Å²) >= 11 is 0. The van der Waals surface area contributed by atoms with Gasteiger partial charge in [0, 0.05) is 36.4 Å². The van der Waals surface area contributed by atoms with Crippen molar-refractivity contribution in [2.75, 3.05) is 25.1 Å². The molecule has 0 bridgehead atoms. The van der Waals surface area contributed by atoms with E-state index in [1.807, 2.05) is 49.4 Å². The number of aryl methyl sites for hydroxylation is 1. The Morgan fingerprint density at radius 3 is 2.66 bits per heavy atom. The van der Waals surface area contributed by atoms with E-state index in [1.54, 1.807) is 0 Å². The molecule has 4 rings (SSSR count). The normalized spacial score (nSPS) is 15.6. The molecule has 0 radical (unpaired) electrons. The van der Waals surface area contributed by atoms with Gasteiger partial charge in [-0.1, -0.05) is 42.5 Å². The maximum atomic E-state index is 12.6. The van der Waals surface area contributed by atoms with Crippen LogP contribution in [0.5, 0.6) is 0 Å². The molecule has 1 saturated heterocycles. The lowest BCUT2D eigenvalue weighted by atomic mass is 9.74. The summed E-state index contributed by atoms with van der Waals surface area (Å²) in [5.74, 6) is 1.36. The van der Waals surface area contributed by atoms with Crippen LogP contribution in [-0.4, -0.2) is 41.0 Å². The Morgan fingerprint density at radius 2 is 1.93 bits per heavy atom. The van der Waals surface area contributed by atoms with Crippen molar-refractivity contribution >= 4 is 11.7 Å². The highest BCUT2D eigenvalue weighted by Gasteiger charge is 2.34. The fourth-order valence-electron chi connectivity index (χ4n) is 3.75. The van der Waals surface area contributed by atoms with Crippen molar-refractivity contribution in [3.63, 3.8) is 0 Å². The molecule has 0 aliphatic carbocycles. The zero-order valence-corrected chi connectivity index (χ0v) is 16.4. The summed E-state index contributed by atoms with van der Waals surface area (Å²) in [4.78, 5) is 16.9. The number of ether oxygens (including phenoxy) is 1. The number of carbonyl (C=O) groups excluding carboxylic acids is 1. The molecule has 1 aliphatic heterocycles. The molecule has 0 atom stereocenters. The average Bonchev–Trinajstić information content (AvgIpc) is 3.20. The van der Waals surface area contributed by atoms with Gasteiger partial charge in [0.1, 0.15) is 5.82 Å². The van der Waals surface area contributed by atoms with Gasteiger partial charge < -0.3 is 15.4 Å². The van der Waals surface area contributed by atoms with Crippen LogP contribution in [0.15, 0.2) is 54.6 Å². The molecular formula is C22H25N5O2. The highest BCUT2D eigenvalue weighted by molar-refractivity contribution is 5.90. The molecule has 3 aromatic rings. The number of amides is 2. The van der Waals surface area contributed by atoms with E-state index in [1.165, 1.54) is 5.56 Å². The Kier molecular flexibility index (Phi) is 5.57. The molecule has 7 heteroatoms. The van der Waals surface area contributed by atoms with Crippen LogP contribution in [0.2, 0.25) is 0 Å². The molecule has 3 N–H and O–H groups in total. The highest BCUT2D eigenvalue weighted by atomic mass is 16.5. The van der Waals surface area contributed by atoms with E-state index in [0.29, 0.717) is 31.3 Å². The quantitative estimate of drug-likeness (QED) is 0.619. The fraction of sp³-hybridized carbons (Fsp3) is 0.318. The van der Waals surface area contributed by atoms with Crippen LogP contribution >= 0.6 is 0 Å². The number of nitrogens with one attached hydrogen (secondary N) is 3. The molecule has 2 aromatic carbocycles. The molecule has 7 nitrogen and oxygen atoms in total. The molecule has 1 aromatic heterocycles. The van der Waals surface area contributed by atoms with Crippen LogP contribution in [0.25, 0.3) is 11.4 Å². The molecule has 1 fully saturated rings. The van der Waals surface area contributed by atoms with E-state index in [0.717, 1.165) is 24.2 Å². The minimum Gasteiger partial charge on any atom is -0.381 e. The Morgan fingerprint density at radius 1 is 1.14 bits per heavy atom. The molecular weight excluding hydrogens is 366 g/mol. The first-order chi connectivity index (χ1) is 14.1. The predicted octanol–water partition coefficient (Wildman–Crippen LogP) is 3.65. The summed E-state index contributed by atoms with van der Waals surface area (Å²) in [6, 6.07) is 17.6. The molecule has 2 heterocycles. The molecule has 29 heavy (non-hydrogen) atoms. The predicted molar refractivity (Wildman–Crippen MR) is 112 cm³/mol. The summed E-state index contributed by atoms with van der Waals surface area (Å²) in [6.07, 6.45) is 1.77. The first-order valence-electron chi connectivity index (χ1n) is 9.82. The number of urea groups is 1. The Hall–Kier alpha value is -3.19. The van der Waals surface area contributed by atoms with E-state index in [-0.39, 0.29) is 11.4 Å². The van der Waals surface area contributed by atoms with Crippen molar-refractivity contribution in [1.82, 2.24) is 20.5 Å². The zero-order chi connectivity index (χ0) is 20.1. The van der Waals surface area contributed by atoms with Crippen LogP contribution in [0.4, 0.5) is 10.5 Å². The van der Waals surface area contributed by atoms with Gasteiger partial charge in [-0.25, -0.2) is 9.78 Å². The minimum atomic E-state index is -0.227. The smallest absolute Gasteiger partial charge is 0.319 e. The van der Waals surface area contributed by atoms with Gasteiger partial charge in [0.15, 0.2) is 5.82 Å². The van der Waals surface area contributed by atoms with Crippen molar-refractivity contribution < 1.29 is 9.53 Å². The van der Waals surface area contributed by atoms with Gasteiger partial charge in [0.05, 0.1) is 0 Å². The Labute approximate surface area is 169 Å². The van der Waals surface area contributed by atoms with E-state index >= 15 is 0 Å². The van der Waals surface area contributed by atoms with Crippen molar-refractivity contribution in [3.8, 4) is 11.4 Å². The molecule has 0 spiro atoms. The second-order valence-electron chi connectivity index (χ2n) is 7.39. The van der Waals surface area contributed by atoms with Gasteiger partial charge in [-0.15, -0.1) is 0 Å². The van der Waals surface area contributed by atoms with E-state index in [4.69, 9.17) is 4.74 Å². The van der Waals surface area contributed by atoms with Gasteiger partial charge in [-0.3, -0.25) is 5.10 Å². The third-order valence-electron chi connectivity index (χ3n) is 5.40. The summed E-state index contributed by atoms with van der Waals surface area (Å²) in [5, 5.41) is 13.0. The van der Waals surface area contributed by atoms with E-state index in [9.17, 15) is 4.79 Å². The van der Waals surface area contributed by atoms with Crippen molar-refractivity contribution in [2.45, 2.75) is 25.2 Å². The maximum Gasteiger partial charge on any atom is 0.319 e. The van der Waals surface area contributed by atoms with Crippen LogP contribution in [-0.2, 0) is 10.2 Å². The number of benzene rings is 2. The number of hydrogen-bond donors (Lipinski definition) is 3. The molecule has 150 valence electrons. The first kappa shape index (κ1) is 19.1. The summed E-state index contributed by atoms with van der Waals surface area (Å²) < 4.78 is 5.56. The number of rotatable bonds is 5. The number of hydrogen-bond acceptors (Lipinski definition) is 4. The van der Waals surface area contributed by atoms with Crippen LogP contribution < -0.4 is 10.6 Å². The zero-order valence-electron chi connectivity index (χ0n) is 16.4. The number of nitrogens with zero attached hydrogens (tertiary/aromatic N) is 2. The molecule has 0 saturated carbocycles. The second-order valence-corrected chi connectivity index (χ2v) is 7.39. The number of carbonyl (C=O) groups is 1. The highest BCUT2D eigenvalue weighted by Crippen LogP contribution is 2.34. The largest absolute Gasteiger partial charge is 0.381 e. The summed E-state index contributed by atoms with van der Waals surface area (Å²) in [7, 11) is 0. The average molecular weight is 391 g/mol. The second kappa shape index (κ2) is 8.45. The number of anilines is 1. The van der Waals surface area contributed by atoms with Crippen LogP contribution in [0.3, 0.4) is 0 Å². The SMILES string of the molecule is Cc1nc(-c2cccc(NC(=O)NCC3(c4ccccc4)CCOCC3)c2)n[nH]1. The fourth-order valence-corrected chi connectivity index (χ4v) is 3.75. The molecule has 2 amide bonds. The third kappa shape index (κ3) is 4.46. The van der Waals surface area contributed by atoms with Gasteiger partial charge in [-0.2, -0.15) is 5.10 Å². The standard InChI is InChI=1S/C22H25N5O2/c1-16-24-20(27-26-16)17-6-5-9-19(14-17)25-21(28)23-15-22(10-12-29-13-11-22)18-7-3-2-4-8-18/h2-9,14H,10-13,15H2,1H3,(H2,23,25,28)(H,24,26,27). The van der Waals surface area contributed by atoms with Gasteiger partial charge >= 0.3 is 6.03 Å². The Bertz CT molecular complexity index is 964. The van der Waals surface area contributed by atoms with Crippen molar-refractivity contribution in [2.24, 2.45) is 0 Å². The van der Waals surface area contributed by atoms with E-state index < -0.39 is 0 Å². The van der Waals surface area contributed by atoms with Crippen molar-refractivity contribution in [3.05, 3.63) is 66.0 Å². The third-order valence-corrected chi connectivity index (χ3v) is 5.40. The minimum absolute atomic E-state index is 0.102. The van der Waals surface area contributed by atoms with Gasteiger partial charge in [0.25, 0.3) is 0 Å². The van der Waals surface area contributed by atoms with Crippen LogP contribution in [0, 0.1) is 6.92 Å². The lowest BCUT2D eigenvalue weighted by Crippen LogP contribution is -2.45. The first-order valence-corrected chi connectivity index (χ1v) is 9.82. The molecule has 1 aliphatic rings. The Balaban J connectivity index is 1.43. The lowest BCUT2D eigenvalue weighted by molar-refractivity contribution is 0.0508. The van der Waals surface area contributed by atoms with Gasteiger partial charge in [-0.05, 0) is 37.5 Å². The topological polar surface area (TPSA) is 91.9 Å². The number of aromatic amines is 1. The van der Waals surface area contributed by atoms with Crippen LogP contribution in [0.1, 0.15) is 24.2 Å². The number of aromatic nitrogens is 3. The summed E-state index contributed by atoms with van der Waals surface area (Å²) in [5.41, 5.74) is 2.68. The molecule has 0 unspecified atom stereocenters. The van der Waals surface area contributed by atoms with E-state index in [2.05, 4.69) is 37.9 Å².